The van der Waals surface area contributed by atoms with Gasteiger partial charge in [0.05, 0.1) is 6.61 Å². The van der Waals surface area contributed by atoms with E-state index in [2.05, 4.69) is 6.58 Å². The fourth-order valence-corrected chi connectivity index (χ4v) is 3.34. The minimum atomic E-state index is -0.182. The maximum Gasteiger partial charge on any atom is 0.161 e. The number of allylic oxidation sites excluding steroid dienone is 2. The molecule has 1 fully saturated rings. The minimum absolute atomic E-state index is 0.0292. The van der Waals surface area contributed by atoms with Gasteiger partial charge >= 0.3 is 0 Å². The fourth-order valence-electron chi connectivity index (χ4n) is 3.34. The standard InChI is InChI=1S/C15H22O3/c1-10-4-3-5-11(8-16)14(18)6-13-12(10)7-15(13,2)9-17/h5,12-13,16-17H,1,3-4,6-9H2,2H3. The molecule has 0 aromatic rings. The molecule has 0 aromatic carbocycles. The lowest BCUT2D eigenvalue weighted by Crippen LogP contribution is -2.49. The summed E-state index contributed by atoms with van der Waals surface area (Å²) in [6.45, 7) is 6.10. The summed E-state index contributed by atoms with van der Waals surface area (Å²) in [5.41, 5.74) is 1.55. The zero-order chi connectivity index (χ0) is 13.3. The number of hydrogen-bond donors (Lipinski definition) is 2. The molecule has 0 aromatic heterocycles. The molecule has 18 heavy (non-hydrogen) atoms. The second-order valence-corrected chi connectivity index (χ2v) is 5.94. The third kappa shape index (κ3) is 2.17. The molecular weight excluding hydrogens is 228 g/mol. The highest BCUT2D eigenvalue weighted by Crippen LogP contribution is 2.56. The summed E-state index contributed by atoms with van der Waals surface area (Å²) in [5, 5.41) is 18.7. The third-order valence-corrected chi connectivity index (χ3v) is 4.74. The second kappa shape index (κ2) is 4.98. The van der Waals surface area contributed by atoms with Crippen LogP contribution in [0.25, 0.3) is 0 Å². The Morgan fingerprint density at radius 2 is 2.22 bits per heavy atom. The number of aliphatic hydroxyl groups is 2. The van der Waals surface area contributed by atoms with Crippen LogP contribution in [0.1, 0.15) is 32.6 Å². The van der Waals surface area contributed by atoms with Crippen molar-refractivity contribution in [3.05, 3.63) is 23.8 Å². The van der Waals surface area contributed by atoms with Crippen LogP contribution in [-0.4, -0.2) is 29.2 Å². The Morgan fingerprint density at radius 1 is 1.50 bits per heavy atom. The Balaban J connectivity index is 2.23. The van der Waals surface area contributed by atoms with Crippen molar-refractivity contribution in [1.82, 2.24) is 0 Å². The molecule has 0 saturated heterocycles. The van der Waals surface area contributed by atoms with Crippen molar-refractivity contribution in [2.45, 2.75) is 32.6 Å². The van der Waals surface area contributed by atoms with Crippen molar-refractivity contribution in [3.63, 3.8) is 0 Å². The Hall–Kier alpha value is -0.930. The average molecular weight is 250 g/mol. The zero-order valence-electron chi connectivity index (χ0n) is 11.0. The molecule has 2 aliphatic rings. The molecule has 3 nitrogen and oxygen atoms in total. The predicted octanol–water partition coefficient (Wildman–Crippen LogP) is 1.85. The zero-order valence-corrected chi connectivity index (χ0v) is 11.0. The van der Waals surface area contributed by atoms with Crippen LogP contribution >= 0.6 is 0 Å². The monoisotopic (exact) mass is 250 g/mol. The molecule has 100 valence electrons. The number of carbonyl (C=O) groups excluding carboxylic acids is 1. The van der Waals surface area contributed by atoms with Gasteiger partial charge in [0.2, 0.25) is 0 Å². The molecule has 3 atom stereocenters. The number of Topliss-reactive ketones (excluding diaryl/α,β-unsaturated/α-hetero) is 1. The lowest BCUT2D eigenvalue weighted by atomic mass is 9.51. The quantitative estimate of drug-likeness (QED) is 0.735. The number of aliphatic hydroxyl groups excluding tert-OH is 2. The van der Waals surface area contributed by atoms with E-state index in [0.717, 1.165) is 19.3 Å². The summed E-state index contributed by atoms with van der Waals surface area (Å²) in [5.74, 6) is 0.565. The fraction of sp³-hybridized carbons (Fsp3) is 0.667. The van der Waals surface area contributed by atoms with Gasteiger partial charge in [-0.3, -0.25) is 4.79 Å². The first-order chi connectivity index (χ1) is 8.51. The van der Waals surface area contributed by atoms with E-state index in [0.29, 0.717) is 17.9 Å². The summed E-state index contributed by atoms with van der Waals surface area (Å²) in [7, 11) is 0. The highest BCUT2D eigenvalue weighted by atomic mass is 16.3. The first-order valence-corrected chi connectivity index (χ1v) is 6.63. The highest BCUT2D eigenvalue weighted by Gasteiger charge is 2.51. The summed E-state index contributed by atoms with van der Waals surface area (Å²) < 4.78 is 0. The van der Waals surface area contributed by atoms with Crippen LogP contribution < -0.4 is 0 Å². The van der Waals surface area contributed by atoms with E-state index in [1.165, 1.54) is 5.57 Å². The number of fused-ring (bicyclic) bond motifs is 1. The van der Waals surface area contributed by atoms with Gasteiger partial charge in [0.1, 0.15) is 0 Å². The van der Waals surface area contributed by atoms with Gasteiger partial charge in [0.15, 0.2) is 5.78 Å². The average Bonchev–Trinajstić information content (AvgIpc) is 2.40. The van der Waals surface area contributed by atoms with Crippen molar-refractivity contribution in [2.75, 3.05) is 13.2 Å². The SMILES string of the molecule is C=C1CCC=C(CO)C(=O)CC2C1CC2(C)CO. The molecule has 3 unspecified atom stereocenters. The van der Waals surface area contributed by atoms with Gasteiger partial charge in [0, 0.05) is 18.6 Å². The summed E-state index contributed by atoms with van der Waals surface area (Å²) in [6.07, 6.45) is 4.84. The Morgan fingerprint density at radius 3 is 2.83 bits per heavy atom. The lowest BCUT2D eigenvalue weighted by molar-refractivity contribution is -0.123. The Bertz CT molecular complexity index is 397. The van der Waals surface area contributed by atoms with E-state index in [1.54, 1.807) is 0 Å². The van der Waals surface area contributed by atoms with Crippen LogP contribution in [0.3, 0.4) is 0 Å². The minimum Gasteiger partial charge on any atom is -0.396 e. The van der Waals surface area contributed by atoms with Gasteiger partial charge in [-0.05, 0) is 36.5 Å². The van der Waals surface area contributed by atoms with Crippen molar-refractivity contribution < 1.29 is 15.0 Å². The number of ketones is 1. The van der Waals surface area contributed by atoms with E-state index < -0.39 is 0 Å². The molecule has 0 aliphatic heterocycles. The van der Waals surface area contributed by atoms with E-state index in [9.17, 15) is 15.0 Å². The van der Waals surface area contributed by atoms with E-state index >= 15 is 0 Å². The van der Waals surface area contributed by atoms with Crippen molar-refractivity contribution in [3.8, 4) is 0 Å². The molecule has 1 saturated carbocycles. The Labute approximate surface area is 108 Å². The summed E-state index contributed by atoms with van der Waals surface area (Å²) in [6, 6.07) is 0. The van der Waals surface area contributed by atoms with E-state index in [1.807, 2.05) is 13.0 Å². The molecule has 0 bridgehead atoms. The Kier molecular flexibility index (Phi) is 3.74. The number of carbonyl (C=O) groups is 1. The van der Waals surface area contributed by atoms with Crippen LogP contribution in [-0.2, 0) is 4.79 Å². The van der Waals surface area contributed by atoms with Gasteiger partial charge in [-0.2, -0.15) is 0 Å². The molecule has 0 radical (unpaired) electrons. The molecule has 2 aliphatic carbocycles. The first-order valence-electron chi connectivity index (χ1n) is 6.63. The van der Waals surface area contributed by atoms with Crippen molar-refractivity contribution in [1.29, 1.82) is 0 Å². The molecule has 3 heteroatoms. The normalized spacial score (nSPS) is 36.9. The molecule has 0 amide bonds. The van der Waals surface area contributed by atoms with Crippen LogP contribution in [0.2, 0.25) is 0 Å². The van der Waals surface area contributed by atoms with E-state index in [4.69, 9.17) is 0 Å². The maximum absolute atomic E-state index is 12.1. The third-order valence-electron chi connectivity index (χ3n) is 4.74. The van der Waals surface area contributed by atoms with Gasteiger partial charge in [-0.15, -0.1) is 0 Å². The predicted molar refractivity (Wildman–Crippen MR) is 70.0 cm³/mol. The summed E-state index contributed by atoms with van der Waals surface area (Å²) in [4.78, 5) is 12.1. The molecule has 2 N–H and O–H groups in total. The molecule has 2 rings (SSSR count). The highest BCUT2D eigenvalue weighted by molar-refractivity contribution is 5.95. The number of rotatable bonds is 2. The second-order valence-electron chi connectivity index (χ2n) is 5.94. The molecular formula is C15H22O3. The van der Waals surface area contributed by atoms with Crippen molar-refractivity contribution >= 4 is 5.78 Å². The van der Waals surface area contributed by atoms with Gasteiger partial charge in [0.25, 0.3) is 0 Å². The smallest absolute Gasteiger partial charge is 0.161 e. The molecule has 0 spiro atoms. The molecule has 0 heterocycles. The van der Waals surface area contributed by atoms with Gasteiger partial charge < -0.3 is 10.2 Å². The van der Waals surface area contributed by atoms with E-state index in [-0.39, 0.29) is 30.3 Å². The van der Waals surface area contributed by atoms with Gasteiger partial charge in [-0.25, -0.2) is 0 Å². The largest absolute Gasteiger partial charge is 0.396 e. The van der Waals surface area contributed by atoms with Gasteiger partial charge in [-0.1, -0.05) is 25.2 Å². The lowest BCUT2D eigenvalue weighted by Gasteiger charge is -2.53. The van der Waals surface area contributed by atoms with Crippen LogP contribution in [0.4, 0.5) is 0 Å². The van der Waals surface area contributed by atoms with Crippen LogP contribution in [0.15, 0.2) is 23.8 Å². The van der Waals surface area contributed by atoms with Crippen LogP contribution in [0.5, 0.6) is 0 Å². The maximum atomic E-state index is 12.1. The topological polar surface area (TPSA) is 57.5 Å². The first kappa shape index (κ1) is 13.5. The van der Waals surface area contributed by atoms with Crippen LogP contribution in [0, 0.1) is 17.3 Å². The number of hydrogen-bond acceptors (Lipinski definition) is 3. The van der Waals surface area contributed by atoms with Crippen molar-refractivity contribution in [2.24, 2.45) is 17.3 Å². The summed E-state index contributed by atoms with van der Waals surface area (Å²) >= 11 is 0.